The van der Waals surface area contributed by atoms with Crippen LogP contribution in [-0.4, -0.2) is 35.9 Å². The Kier molecular flexibility index (Phi) is 7.16. The number of nitriles is 1. The second-order valence-electron chi connectivity index (χ2n) is 7.25. The number of carbonyl (C=O) groups is 2. The molecule has 1 amide bonds. The van der Waals surface area contributed by atoms with Crippen LogP contribution in [0.5, 0.6) is 5.75 Å². The molecule has 0 aliphatic rings. The van der Waals surface area contributed by atoms with Crippen LogP contribution in [0.1, 0.15) is 25.6 Å². The molecule has 2 aromatic carbocycles. The molecule has 0 aliphatic carbocycles. The van der Waals surface area contributed by atoms with Gasteiger partial charge >= 0.3 is 5.97 Å². The van der Waals surface area contributed by atoms with Crippen LogP contribution in [0.2, 0.25) is 0 Å². The molecule has 4 rings (SSSR count). The van der Waals surface area contributed by atoms with Gasteiger partial charge in [0, 0.05) is 18.2 Å². The van der Waals surface area contributed by atoms with Crippen LogP contribution in [0.3, 0.4) is 0 Å². The number of nitrogens with zero attached hydrogens (tertiary/aromatic N) is 2. The highest BCUT2D eigenvalue weighted by atomic mass is 32.1. The number of amides is 1. The smallest absolute Gasteiger partial charge is 0.335 e. The average Bonchev–Trinajstić information content (AvgIpc) is 3.42. The fraction of sp³-hybridized carbons (Fsp3) is 0.0769. The van der Waals surface area contributed by atoms with E-state index in [0.717, 1.165) is 0 Å². The molecule has 0 bridgehead atoms. The summed E-state index contributed by atoms with van der Waals surface area (Å²) in [6.45, 7) is 0.0166. The number of aromatic carboxylic acids is 1. The molecule has 8 nitrogen and oxygen atoms in total. The van der Waals surface area contributed by atoms with Gasteiger partial charge in [-0.05, 0) is 47.3 Å². The first-order chi connectivity index (χ1) is 17.0. The van der Waals surface area contributed by atoms with Crippen molar-refractivity contribution in [1.29, 1.82) is 5.26 Å². The maximum absolute atomic E-state index is 12.8. The number of thiophene rings is 1. The van der Waals surface area contributed by atoms with E-state index in [9.17, 15) is 20.0 Å². The first kappa shape index (κ1) is 23.6. The van der Waals surface area contributed by atoms with Gasteiger partial charge in [0.05, 0.1) is 16.1 Å². The summed E-state index contributed by atoms with van der Waals surface area (Å²) in [5.41, 5.74) is 2.12. The zero-order valence-corrected chi connectivity index (χ0v) is 19.3. The number of carbonyl (C=O) groups excluding carboxylic acids is 1. The van der Waals surface area contributed by atoms with E-state index in [1.54, 1.807) is 53.9 Å². The molecule has 2 aromatic heterocycles. The Balaban J connectivity index is 1.92. The lowest BCUT2D eigenvalue weighted by Crippen LogP contribution is -2.14. The Bertz CT molecular complexity index is 1430. The summed E-state index contributed by atoms with van der Waals surface area (Å²) in [6.07, 6.45) is 0. The number of carboxylic acid groups (broad SMARTS) is 1. The Labute approximate surface area is 205 Å². The lowest BCUT2D eigenvalue weighted by atomic mass is 9.96. The van der Waals surface area contributed by atoms with E-state index < -0.39 is 11.9 Å². The number of aromatic nitrogens is 1. The molecule has 0 atom stereocenters. The van der Waals surface area contributed by atoms with Crippen molar-refractivity contribution in [2.45, 2.75) is 0 Å². The number of pyridine rings is 1. The Morgan fingerprint density at radius 3 is 2.63 bits per heavy atom. The van der Waals surface area contributed by atoms with Crippen LogP contribution in [-0.2, 0) is 4.74 Å². The zero-order chi connectivity index (χ0) is 24.8. The van der Waals surface area contributed by atoms with Crippen molar-refractivity contribution in [1.82, 2.24) is 4.98 Å². The fourth-order valence-electron chi connectivity index (χ4n) is 3.44. The van der Waals surface area contributed by atoms with Gasteiger partial charge < -0.3 is 19.9 Å². The van der Waals surface area contributed by atoms with Gasteiger partial charge in [-0.15, -0.1) is 11.3 Å². The summed E-state index contributed by atoms with van der Waals surface area (Å²) in [5.74, 6) is -0.951. The molecule has 2 heterocycles. The van der Waals surface area contributed by atoms with Crippen molar-refractivity contribution < 1.29 is 24.2 Å². The highest BCUT2D eigenvalue weighted by Gasteiger charge is 2.20. The van der Waals surface area contributed by atoms with Crippen LogP contribution < -0.4 is 10.1 Å². The van der Waals surface area contributed by atoms with Crippen LogP contribution in [0.4, 0.5) is 5.82 Å². The van der Waals surface area contributed by atoms with E-state index >= 15 is 0 Å². The predicted octanol–water partition coefficient (Wildman–Crippen LogP) is 5.28. The highest BCUT2D eigenvalue weighted by molar-refractivity contribution is 7.12. The van der Waals surface area contributed by atoms with Crippen molar-refractivity contribution in [3.05, 3.63) is 88.1 Å². The molecule has 0 saturated carbocycles. The van der Waals surface area contributed by atoms with Crippen LogP contribution in [0.15, 0.2) is 72.1 Å². The number of anilines is 1. The van der Waals surface area contributed by atoms with E-state index in [-0.39, 0.29) is 23.7 Å². The van der Waals surface area contributed by atoms with Crippen molar-refractivity contribution in [2.75, 3.05) is 19.2 Å². The number of methoxy groups -OCH3 is 1. The van der Waals surface area contributed by atoms with Crippen LogP contribution in [0, 0.1) is 11.3 Å². The van der Waals surface area contributed by atoms with Gasteiger partial charge in [0.2, 0.25) is 0 Å². The summed E-state index contributed by atoms with van der Waals surface area (Å²) in [5, 5.41) is 24.0. The number of hydrogen-bond acceptors (Lipinski definition) is 7. The minimum atomic E-state index is -1.09. The Morgan fingerprint density at radius 2 is 1.91 bits per heavy atom. The van der Waals surface area contributed by atoms with Gasteiger partial charge in [0.1, 0.15) is 17.4 Å². The van der Waals surface area contributed by atoms with Crippen molar-refractivity contribution in [3.63, 3.8) is 0 Å². The first-order valence-electron chi connectivity index (χ1n) is 10.4. The Morgan fingerprint density at radius 1 is 1.09 bits per heavy atom. The van der Waals surface area contributed by atoms with Gasteiger partial charge in [-0.3, -0.25) is 4.79 Å². The quantitative estimate of drug-likeness (QED) is 0.326. The molecular formula is C26H19N3O5S. The molecular weight excluding hydrogens is 466 g/mol. The third-order valence-electron chi connectivity index (χ3n) is 5.02. The lowest BCUT2D eigenvalue weighted by molar-refractivity contribution is 0.0515. The standard InChI is InChI=1S/C26H19N3O5S/c1-33-15-34-22-9-3-2-8-18(22)21-13-19(16-6-4-7-17(12-16)26(31)32)20(14-27)24(28-21)29-25(30)23-10-5-11-35-23/h2-13H,15H2,1H3,(H,31,32)(H,28,29,30). The predicted molar refractivity (Wildman–Crippen MR) is 132 cm³/mol. The summed E-state index contributed by atoms with van der Waals surface area (Å²) in [7, 11) is 1.51. The van der Waals surface area contributed by atoms with E-state index in [1.165, 1.54) is 30.6 Å². The number of para-hydroxylation sites is 1. The van der Waals surface area contributed by atoms with Gasteiger partial charge in [0.25, 0.3) is 5.91 Å². The van der Waals surface area contributed by atoms with Crippen molar-refractivity contribution >= 4 is 29.0 Å². The molecule has 0 unspecified atom stereocenters. The maximum atomic E-state index is 12.8. The molecule has 0 saturated heterocycles. The maximum Gasteiger partial charge on any atom is 0.335 e. The second kappa shape index (κ2) is 10.6. The monoisotopic (exact) mass is 485 g/mol. The third-order valence-corrected chi connectivity index (χ3v) is 5.89. The average molecular weight is 486 g/mol. The van der Waals surface area contributed by atoms with Gasteiger partial charge in [-0.2, -0.15) is 5.26 Å². The van der Waals surface area contributed by atoms with E-state index in [4.69, 9.17) is 9.47 Å². The number of rotatable bonds is 8. The highest BCUT2D eigenvalue weighted by Crippen LogP contribution is 2.36. The van der Waals surface area contributed by atoms with Crippen LogP contribution in [0.25, 0.3) is 22.4 Å². The molecule has 0 fully saturated rings. The molecule has 174 valence electrons. The topological polar surface area (TPSA) is 122 Å². The van der Waals surface area contributed by atoms with Crippen molar-refractivity contribution in [2.24, 2.45) is 0 Å². The summed E-state index contributed by atoms with van der Waals surface area (Å²) >= 11 is 1.26. The molecule has 2 N–H and O–H groups in total. The molecule has 0 spiro atoms. The molecule has 0 radical (unpaired) electrons. The van der Waals surface area contributed by atoms with E-state index in [1.807, 2.05) is 6.07 Å². The summed E-state index contributed by atoms with van der Waals surface area (Å²) in [4.78, 5) is 29.4. The molecule has 0 aliphatic heterocycles. The summed E-state index contributed by atoms with van der Waals surface area (Å²) < 4.78 is 10.7. The minimum absolute atomic E-state index is 0.0166. The summed E-state index contributed by atoms with van der Waals surface area (Å²) in [6, 6.07) is 20.6. The second-order valence-corrected chi connectivity index (χ2v) is 8.20. The largest absolute Gasteiger partial charge is 0.478 e. The number of hydrogen-bond donors (Lipinski definition) is 2. The van der Waals surface area contributed by atoms with Crippen LogP contribution >= 0.6 is 11.3 Å². The molecule has 35 heavy (non-hydrogen) atoms. The fourth-order valence-corrected chi connectivity index (χ4v) is 4.06. The zero-order valence-electron chi connectivity index (χ0n) is 18.5. The van der Waals surface area contributed by atoms with Gasteiger partial charge in [0.15, 0.2) is 12.6 Å². The normalized spacial score (nSPS) is 10.4. The lowest BCUT2D eigenvalue weighted by Gasteiger charge is -2.15. The minimum Gasteiger partial charge on any atom is -0.478 e. The Hall–Kier alpha value is -4.52. The van der Waals surface area contributed by atoms with Crippen molar-refractivity contribution in [3.8, 4) is 34.2 Å². The first-order valence-corrected chi connectivity index (χ1v) is 11.2. The van der Waals surface area contributed by atoms with E-state index in [2.05, 4.69) is 16.4 Å². The van der Waals surface area contributed by atoms with Gasteiger partial charge in [-0.1, -0.05) is 30.3 Å². The van der Waals surface area contributed by atoms with Gasteiger partial charge in [-0.25, -0.2) is 9.78 Å². The van der Waals surface area contributed by atoms with E-state index in [0.29, 0.717) is 33.0 Å². The number of benzene rings is 2. The molecule has 4 aromatic rings. The molecule has 9 heteroatoms. The third kappa shape index (κ3) is 5.19. The SMILES string of the molecule is COCOc1ccccc1-c1cc(-c2cccc(C(=O)O)c2)c(C#N)c(NC(=O)c2cccs2)n1. The number of nitrogens with one attached hydrogen (secondary N) is 1. The number of carboxylic acids is 1. The number of ether oxygens (including phenoxy) is 2.